The van der Waals surface area contributed by atoms with Crippen molar-refractivity contribution in [3.05, 3.63) is 30.1 Å². The molecule has 2 aromatic rings. The normalized spacial score (nSPS) is 12.5. The van der Waals surface area contributed by atoms with Crippen LogP contribution in [0.4, 0.5) is 0 Å². The first-order chi connectivity index (χ1) is 11.0. The van der Waals surface area contributed by atoms with Gasteiger partial charge in [0.05, 0.1) is 0 Å². The largest absolute Gasteiger partial charge is 0.332 e. The van der Waals surface area contributed by atoms with Crippen molar-refractivity contribution < 1.29 is 9.59 Å². The topological polar surface area (TPSA) is 52.0 Å². The molecule has 4 heteroatoms. The Morgan fingerprint density at radius 1 is 1.26 bits per heavy atom. The summed E-state index contributed by atoms with van der Waals surface area (Å²) in [6.45, 7) is 6.08. The van der Waals surface area contributed by atoms with Crippen LogP contribution in [0.3, 0.4) is 0 Å². The van der Waals surface area contributed by atoms with Crippen LogP contribution < -0.4 is 0 Å². The molecule has 0 saturated heterocycles. The summed E-state index contributed by atoms with van der Waals surface area (Å²) in [4.78, 5) is 27.5. The second-order valence-electron chi connectivity index (χ2n) is 6.35. The lowest BCUT2D eigenvalue weighted by Crippen LogP contribution is -2.05. The fraction of sp³-hybridized carbons (Fsp3) is 0.526. The maximum Gasteiger partial charge on any atom is 0.140 e. The molecule has 0 aliphatic carbocycles. The fourth-order valence-corrected chi connectivity index (χ4v) is 3.09. The predicted molar refractivity (Wildman–Crippen MR) is 92.6 cm³/mol. The molecule has 0 fully saturated rings. The number of ketones is 2. The lowest BCUT2D eigenvalue weighted by molar-refractivity contribution is -0.118. The van der Waals surface area contributed by atoms with Crippen LogP contribution in [0.2, 0.25) is 0 Å². The molecule has 0 aliphatic rings. The summed E-state index contributed by atoms with van der Waals surface area (Å²) < 4.78 is 2.06. The SMILES string of the molecule is CCCCC(CC(C)=O)c1cn(CCC(C)=O)c2ncccc12. The minimum Gasteiger partial charge on any atom is -0.332 e. The van der Waals surface area contributed by atoms with E-state index in [0.717, 1.165) is 30.3 Å². The van der Waals surface area contributed by atoms with Crippen molar-refractivity contribution in [2.24, 2.45) is 0 Å². The first-order valence-electron chi connectivity index (χ1n) is 8.45. The standard InChI is InChI=1S/C19H26N2O2/c1-4-5-7-16(12-15(3)23)18-13-21(11-9-14(2)22)19-17(18)8-6-10-20-19/h6,8,10,13,16H,4-5,7,9,11-12H2,1-3H3. The highest BCUT2D eigenvalue weighted by atomic mass is 16.1. The van der Waals surface area contributed by atoms with E-state index >= 15 is 0 Å². The van der Waals surface area contributed by atoms with Crippen LogP contribution in [0.1, 0.15) is 64.4 Å². The van der Waals surface area contributed by atoms with Gasteiger partial charge in [0.1, 0.15) is 17.2 Å². The van der Waals surface area contributed by atoms with E-state index in [2.05, 4.69) is 28.7 Å². The molecule has 124 valence electrons. The number of carbonyl (C=O) groups is 2. The van der Waals surface area contributed by atoms with Gasteiger partial charge >= 0.3 is 0 Å². The quantitative estimate of drug-likeness (QED) is 0.694. The number of aromatic nitrogens is 2. The van der Waals surface area contributed by atoms with Gasteiger partial charge in [-0.25, -0.2) is 4.98 Å². The van der Waals surface area contributed by atoms with Gasteiger partial charge in [-0.05, 0) is 43.9 Å². The first-order valence-corrected chi connectivity index (χ1v) is 8.45. The van der Waals surface area contributed by atoms with Crippen molar-refractivity contribution in [1.82, 2.24) is 9.55 Å². The second kappa shape index (κ2) is 8.04. The Morgan fingerprint density at radius 3 is 2.70 bits per heavy atom. The van der Waals surface area contributed by atoms with Crippen molar-refractivity contribution in [1.29, 1.82) is 0 Å². The van der Waals surface area contributed by atoms with E-state index in [1.807, 2.05) is 6.07 Å². The number of aryl methyl sites for hydroxylation is 1. The number of fused-ring (bicyclic) bond motifs is 1. The van der Waals surface area contributed by atoms with E-state index < -0.39 is 0 Å². The Labute approximate surface area is 137 Å². The molecule has 0 spiro atoms. The van der Waals surface area contributed by atoms with Gasteiger partial charge in [-0.1, -0.05) is 19.8 Å². The van der Waals surface area contributed by atoms with Crippen molar-refractivity contribution in [3.63, 3.8) is 0 Å². The van der Waals surface area contributed by atoms with E-state index in [4.69, 9.17) is 0 Å². The maximum absolute atomic E-state index is 11.7. The average Bonchev–Trinajstić information content (AvgIpc) is 2.88. The summed E-state index contributed by atoms with van der Waals surface area (Å²) in [5.74, 6) is 0.632. The van der Waals surface area contributed by atoms with Crippen LogP contribution in [0.15, 0.2) is 24.5 Å². The Hall–Kier alpha value is -1.97. The van der Waals surface area contributed by atoms with Crippen LogP contribution in [0.5, 0.6) is 0 Å². The smallest absolute Gasteiger partial charge is 0.140 e. The summed E-state index contributed by atoms with van der Waals surface area (Å²) >= 11 is 0. The zero-order valence-corrected chi connectivity index (χ0v) is 14.3. The number of nitrogens with zero attached hydrogens (tertiary/aromatic N) is 2. The second-order valence-corrected chi connectivity index (χ2v) is 6.35. The number of carbonyl (C=O) groups excluding carboxylic acids is 2. The monoisotopic (exact) mass is 314 g/mol. The molecule has 0 radical (unpaired) electrons. The molecule has 0 N–H and O–H groups in total. The highest BCUT2D eigenvalue weighted by molar-refractivity contribution is 5.83. The zero-order valence-electron chi connectivity index (χ0n) is 14.3. The molecule has 0 amide bonds. The molecule has 2 aromatic heterocycles. The molecule has 1 atom stereocenters. The lowest BCUT2D eigenvalue weighted by Gasteiger charge is -2.14. The predicted octanol–water partition coefficient (Wildman–Crippen LogP) is 4.27. The molecule has 0 bridgehead atoms. The summed E-state index contributed by atoms with van der Waals surface area (Å²) in [7, 11) is 0. The van der Waals surface area contributed by atoms with E-state index in [1.165, 1.54) is 5.56 Å². The highest BCUT2D eigenvalue weighted by Gasteiger charge is 2.19. The first kappa shape index (κ1) is 17.4. The number of Topliss-reactive ketones (excluding diaryl/α,β-unsaturated/α-hetero) is 2. The molecule has 4 nitrogen and oxygen atoms in total. The van der Waals surface area contributed by atoms with Crippen LogP contribution in [0.25, 0.3) is 11.0 Å². The van der Waals surface area contributed by atoms with Crippen molar-refractivity contribution >= 4 is 22.6 Å². The number of hydrogen-bond donors (Lipinski definition) is 0. The Morgan fingerprint density at radius 2 is 2.04 bits per heavy atom. The van der Waals surface area contributed by atoms with Gasteiger partial charge in [0.15, 0.2) is 0 Å². The maximum atomic E-state index is 11.7. The number of pyridine rings is 1. The highest BCUT2D eigenvalue weighted by Crippen LogP contribution is 2.32. The molecule has 2 heterocycles. The molecule has 2 rings (SSSR count). The van der Waals surface area contributed by atoms with Crippen LogP contribution in [-0.4, -0.2) is 21.1 Å². The van der Waals surface area contributed by atoms with E-state index in [0.29, 0.717) is 19.4 Å². The van der Waals surface area contributed by atoms with Gasteiger partial charge < -0.3 is 9.36 Å². The third kappa shape index (κ3) is 4.50. The summed E-state index contributed by atoms with van der Waals surface area (Å²) in [6, 6.07) is 4.01. The van der Waals surface area contributed by atoms with Gasteiger partial charge in [-0.2, -0.15) is 0 Å². The Kier molecular flexibility index (Phi) is 6.08. The van der Waals surface area contributed by atoms with Crippen molar-refractivity contribution in [2.45, 2.75) is 65.3 Å². The van der Waals surface area contributed by atoms with Crippen LogP contribution >= 0.6 is 0 Å². The summed E-state index contributed by atoms with van der Waals surface area (Å²) in [6.07, 6.45) is 8.20. The summed E-state index contributed by atoms with van der Waals surface area (Å²) in [5.41, 5.74) is 2.11. The van der Waals surface area contributed by atoms with Crippen LogP contribution in [-0.2, 0) is 16.1 Å². The molecular weight excluding hydrogens is 288 g/mol. The Balaban J connectivity index is 2.40. The van der Waals surface area contributed by atoms with Crippen molar-refractivity contribution in [3.8, 4) is 0 Å². The van der Waals surface area contributed by atoms with Gasteiger partial charge in [0.25, 0.3) is 0 Å². The summed E-state index contributed by atoms with van der Waals surface area (Å²) in [5, 5.41) is 1.11. The molecule has 0 saturated carbocycles. The molecule has 23 heavy (non-hydrogen) atoms. The third-order valence-corrected chi connectivity index (χ3v) is 4.25. The van der Waals surface area contributed by atoms with Crippen molar-refractivity contribution in [2.75, 3.05) is 0 Å². The average molecular weight is 314 g/mol. The minimum absolute atomic E-state index is 0.176. The van der Waals surface area contributed by atoms with Gasteiger partial charge in [-0.3, -0.25) is 4.79 Å². The van der Waals surface area contributed by atoms with E-state index in [9.17, 15) is 9.59 Å². The number of unbranched alkanes of at least 4 members (excludes halogenated alkanes) is 1. The molecule has 0 aromatic carbocycles. The van der Waals surface area contributed by atoms with E-state index in [-0.39, 0.29) is 17.5 Å². The number of hydrogen-bond acceptors (Lipinski definition) is 3. The third-order valence-electron chi connectivity index (χ3n) is 4.25. The number of rotatable bonds is 9. The molecule has 1 unspecified atom stereocenters. The van der Waals surface area contributed by atoms with Crippen LogP contribution in [0, 0.1) is 0 Å². The Bertz CT molecular complexity index is 688. The zero-order chi connectivity index (χ0) is 16.8. The fourth-order valence-electron chi connectivity index (χ4n) is 3.09. The van der Waals surface area contributed by atoms with Gasteiger partial charge in [0.2, 0.25) is 0 Å². The van der Waals surface area contributed by atoms with Gasteiger partial charge in [-0.15, -0.1) is 0 Å². The molecular formula is C19H26N2O2. The molecule has 0 aliphatic heterocycles. The lowest BCUT2D eigenvalue weighted by atomic mass is 9.89. The van der Waals surface area contributed by atoms with Gasteiger partial charge in [0, 0.05) is 37.2 Å². The minimum atomic E-state index is 0.176. The van der Waals surface area contributed by atoms with E-state index in [1.54, 1.807) is 20.0 Å².